The van der Waals surface area contributed by atoms with Crippen molar-refractivity contribution in [2.24, 2.45) is 0 Å². The van der Waals surface area contributed by atoms with Crippen LogP contribution in [-0.4, -0.2) is 40.9 Å². The van der Waals surface area contributed by atoms with Crippen LogP contribution >= 0.6 is 0 Å². The molecule has 0 fully saturated rings. The van der Waals surface area contributed by atoms with Crippen LogP contribution in [0.3, 0.4) is 0 Å². The quantitative estimate of drug-likeness (QED) is 0.718. The summed E-state index contributed by atoms with van der Waals surface area (Å²) in [5.41, 5.74) is 2.61. The van der Waals surface area contributed by atoms with E-state index in [0.29, 0.717) is 12.2 Å². The minimum absolute atomic E-state index is 0.0541. The number of carbonyl (C=O) groups is 1. The van der Waals surface area contributed by atoms with Gasteiger partial charge in [-0.25, -0.2) is 4.98 Å². The molecule has 2 aromatic rings. The van der Waals surface area contributed by atoms with E-state index in [1.165, 1.54) is 18.4 Å². The van der Waals surface area contributed by atoms with Crippen LogP contribution in [0.15, 0.2) is 42.9 Å². The van der Waals surface area contributed by atoms with Crippen LogP contribution in [0.1, 0.15) is 42.2 Å². The van der Waals surface area contributed by atoms with E-state index in [-0.39, 0.29) is 5.91 Å². The third kappa shape index (κ3) is 5.65. The minimum Gasteiger partial charge on any atom is -0.384 e. The molecule has 1 N–H and O–H groups in total. The third-order valence-corrected chi connectivity index (χ3v) is 3.92. The minimum atomic E-state index is -0.0541. The fraction of sp³-hybridized carbons (Fsp3) is 0.421. The predicted octanol–water partition coefficient (Wildman–Crippen LogP) is 3.39. The lowest BCUT2D eigenvalue weighted by Crippen LogP contribution is -2.29. The Kier molecular flexibility index (Phi) is 7.21. The van der Waals surface area contributed by atoms with Crippen molar-refractivity contribution in [1.29, 1.82) is 0 Å². The first-order chi connectivity index (χ1) is 11.7. The van der Waals surface area contributed by atoms with Gasteiger partial charge in [-0.1, -0.05) is 19.8 Å². The number of pyridine rings is 2. The Labute approximate surface area is 144 Å². The number of nitrogens with one attached hydrogen (secondary N) is 1. The highest BCUT2D eigenvalue weighted by molar-refractivity contribution is 5.92. The number of hydrogen-bond acceptors (Lipinski definition) is 4. The molecule has 5 heteroatoms. The van der Waals surface area contributed by atoms with Gasteiger partial charge in [0.1, 0.15) is 5.69 Å². The van der Waals surface area contributed by atoms with Crippen molar-refractivity contribution in [3.63, 3.8) is 0 Å². The van der Waals surface area contributed by atoms with Gasteiger partial charge in [0.05, 0.1) is 11.9 Å². The molecule has 0 aliphatic heterocycles. The molecule has 1 amide bonds. The van der Waals surface area contributed by atoms with Crippen molar-refractivity contribution < 1.29 is 4.79 Å². The van der Waals surface area contributed by atoms with Crippen LogP contribution in [0.25, 0.3) is 0 Å². The number of rotatable bonds is 9. The van der Waals surface area contributed by atoms with E-state index >= 15 is 0 Å². The Morgan fingerprint density at radius 3 is 2.62 bits per heavy atom. The summed E-state index contributed by atoms with van der Waals surface area (Å²) in [5, 5.41) is 3.33. The summed E-state index contributed by atoms with van der Waals surface area (Å²) in [6.45, 7) is 3.78. The van der Waals surface area contributed by atoms with E-state index in [2.05, 4.69) is 22.2 Å². The fourth-order valence-corrected chi connectivity index (χ4v) is 2.38. The summed E-state index contributed by atoms with van der Waals surface area (Å²) in [5.74, 6) is -0.0541. The van der Waals surface area contributed by atoms with Crippen molar-refractivity contribution in [2.75, 3.05) is 25.5 Å². The topological polar surface area (TPSA) is 58.1 Å². The molecule has 0 atom stereocenters. The smallest absolute Gasteiger partial charge is 0.272 e. The average Bonchev–Trinajstić information content (AvgIpc) is 2.64. The molecule has 0 saturated heterocycles. The molecule has 0 aliphatic carbocycles. The first-order valence-electron chi connectivity index (χ1n) is 8.55. The Morgan fingerprint density at radius 1 is 1.17 bits per heavy atom. The van der Waals surface area contributed by atoms with Gasteiger partial charge in [-0.3, -0.25) is 9.78 Å². The zero-order chi connectivity index (χ0) is 17.2. The number of unbranched alkanes of at least 4 members (excludes halogenated alkanes) is 2. The second-order valence-electron chi connectivity index (χ2n) is 5.90. The Bertz CT molecular complexity index is 613. The molecule has 0 aromatic carbocycles. The molecule has 0 aliphatic rings. The van der Waals surface area contributed by atoms with E-state index < -0.39 is 0 Å². The van der Waals surface area contributed by atoms with Crippen molar-refractivity contribution in [2.45, 2.75) is 32.6 Å². The first-order valence-corrected chi connectivity index (χ1v) is 8.55. The van der Waals surface area contributed by atoms with E-state index in [4.69, 9.17) is 0 Å². The highest BCUT2D eigenvalue weighted by Gasteiger charge is 2.12. The van der Waals surface area contributed by atoms with Crippen LogP contribution in [0.2, 0.25) is 0 Å². The predicted molar refractivity (Wildman–Crippen MR) is 97.2 cm³/mol. The SMILES string of the molecule is CCCCCNc1ccc(C(=O)N(C)CCc2ccncc2)nc1. The van der Waals surface area contributed by atoms with Crippen molar-refractivity contribution in [3.8, 4) is 0 Å². The standard InChI is InChI=1S/C19H26N4O/c1-3-4-5-11-21-17-6-7-18(22-15-17)19(24)23(2)14-10-16-8-12-20-13-9-16/h6-9,12-13,15,21H,3-5,10-11,14H2,1-2H3. The maximum Gasteiger partial charge on any atom is 0.272 e. The fourth-order valence-electron chi connectivity index (χ4n) is 2.38. The number of nitrogens with zero attached hydrogens (tertiary/aromatic N) is 3. The number of likely N-dealkylation sites (N-methyl/N-ethyl adjacent to an activating group) is 1. The summed E-state index contributed by atoms with van der Waals surface area (Å²) in [6.07, 6.45) is 9.65. The van der Waals surface area contributed by atoms with Crippen LogP contribution < -0.4 is 5.32 Å². The Morgan fingerprint density at radius 2 is 1.96 bits per heavy atom. The van der Waals surface area contributed by atoms with Gasteiger partial charge in [0.25, 0.3) is 5.91 Å². The van der Waals surface area contributed by atoms with Gasteiger partial charge in [-0.05, 0) is 42.7 Å². The molecule has 2 aromatic heterocycles. The Hall–Kier alpha value is -2.43. The lowest BCUT2D eigenvalue weighted by Gasteiger charge is -2.17. The van der Waals surface area contributed by atoms with Crippen LogP contribution in [0.4, 0.5) is 5.69 Å². The maximum absolute atomic E-state index is 12.4. The Balaban J connectivity index is 1.82. The normalized spacial score (nSPS) is 10.4. The lowest BCUT2D eigenvalue weighted by molar-refractivity contribution is 0.0791. The molecule has 0 unspecified atom stereocenters. The average molecular weight is 326 g/mol. The van der Waals surface area contributed by atoms with Crippen LogP contribution in [0, 0.1) is 0 Å². The number of aromatic nitrogens is 2. The van der Waals surface area contributed by atoms with E-state index in [1.807, 2.05) is 25.2 Å². The zero-order valence-electron chi connectivity index (χ0n) is 14.5. The van der Waals surface area contributed by atoms with Gasteiger partial charge < -0.3 is 10.2 Å². The second kappa shape index (κ2) is 9.65. The molecule has 2 rings (SSSR count). The van der Waals surface area contributed by atoms with Crippen molar-refractivity contribution in [1.82, 2.24) is 14.9 Å². The van der Waals surface area contributed by atoms with Gasteiger partial charge in [0.15, 0.2) is 0 Å². The molecule has 5 nitrogen and oxygen atoms in total. The highest BCUT2D eigenvalue weighted by Crippen LogP contribution is 2.09. The molecule has 0 saturated carbocycles. The summed E-state index contributed by atoms with van der Waals surface area (Å²) < 4.78 is 0. The summed E-state index contributed by atoms with van der Waals surface area (Å²) in [4.78, 5) is 22.4. The number of anilines is 1. The summed E-state index contributed by atoms with van der Waals surface area (Å²) in [6, 6.07) is 7.64. The molecule has 2 heterocycles. The van der Waals surface area contributed by atoms with E-state index in [9.17, 15) is 4.79 Å². The largest absolute Gasteiger partial charge is 0.384 e. The van der Waals surface area contributed by atoms with Crippen LogP contribution in [0.5, 0.6) is 0 Å². The lowest BCUT2D eigenvalue weighted by atomic mass is 10.2. The molecule has 0 bridgehead atoms. The maximum atomic E-state index is 12.4. The molecular weight excluding hydrogens is 300 g/mol. The third-order valence-electron chi connectivity index (χ3n) is 3.92. The highest BCUT2D eigenvalue weighted by atomic mass is 16.2. The monoisotopic (exact) mass is 326 g/mol. The van der Waals surface area contributed by atoms with Gasteiger partial charge >= 0.3 is 0 Å². The molecule has 0 spiro atoms. The number of amides is 1. The van der Waals surface area contributed by atoms with Gasteiger partial charge in [0, 0.05) is 32.5 Å². The van der Waals surface area contributed by atoms with Crippen molar-refractivity contribution in [3.05, 3.63) is 54.1 Å². The van der Waals surface area contributed by atoms with Gasteiger partial charge in [-0.15, -0.1) is 0 Å². The van der Waals surface area contributed by atoms with Gasteiger partial charge in [-0.2, -0.15) is 0 Å². The molecular formula is C19H26N4O. The van der Waals surface area contributed by atoms with E-state index in [1.54, 1.807) is 29.6 Å². The van der Waals surface area contributed by atoms with Crippen molar-refractivity contribution >= 4 is 11.6 Å². The second-order valence-corrected chi connectivity index (χ2v) is 5.90. The number of hydrogen-bond donors (Lipinski definition) is 1. The molecule has 24 heavy (non-hydrogen) atoms. The first kappa shape index (κ1) is 17.9. The molecule has 0 radical (unpaired) electrons. The van der Waals surface area contributed by atoms with Crippen LogP contribution in [-0.2, 0) is 6.42 Å². The summed E-state index contributed by atoms with van der Waals surface area (Å²) in [7, 11) is 1.81. The van der Waals surface area contributed by atoms with Gasteiger partial charge in [0.2, 0.25) is 0 Å². The molecule has 128 valence electrons. The summed E-state index contributed by atoms with van der Waals surface area (Å²) >= 11 is 0. The van der Waals surface area contributed by atoms with E-state index in [0.717, 1.165) is 25.1 Å². The zero-order valence-corrected chi connectivity index (χ0v) is 14.5. The number of carbonyl (C=O) groups excluding carboxylic acids is 1.